The summed E-state index contributed by atoms with van der Waals surface area (Å²) in [5, 5.41) is 1.17. The molecule has 3 rings (SSSR count). The number of rotatable bonds is 4. The first-order chi connectivity index (χ1) is 11.4. The van der Waals surface area contributed by atoms with Crippen molar-refractivity contribution in [1.29, 1.82) is 0 Å². The second-order valence-electron chi connectivity index (χ2n) is 5.38. The minimum absolute atomic E-state index is 0.188. The number of hydroxylamine groups is 1. The van der Waals surface area contributed by atoms with Crippen LogP contribution in [0.3, 0.4) is 0 Å². The average Bonchev–Trinajstić information content (AvgIpc) is 2.57. The third-order valence-electron chi connectivity index (χ3n) is 3.69. The molecule has 2 amide bonds. The number of carbonyl (C=O) groups excluding carboxylic acids is 1. The number of anilines is 2. The Labute approximate surface area is 140 Å². The number of nitrogens with zero attached hydrogens (tertiary/aromatic N) is 2. The van der Waals surface area contributed by atoms with E-state index in [4.69, 9.17) is 4.84 Å². The zero-order valence-electron chi connectivity index (χ0n) is 13.3. The Morgan fingerprint density at radius 2 is 1.83 bits per heavy atom. The number of fused-ring (bicyclic) bond motifs is 1. The lowest BCUT2D eigenvalue weighted by Crippen LogP contribution is -2.44. The molecule has 0 aromatic heterocycles. The summed E-state index contributed by atoms with van der Waals surface area (Å²) in [4.78, 5) is 18.8. The second kappa shape index (κ2) is 6.14. The zero-order valence-corrected chi connectivity index (χ0v) is 14.1. The van der Waals surface area contributed by atoms with E-state index in [2.05, 4.69) is 4.72 Å². The molecule has 0 saturated heterocycles. The zero-order chi connectivity index (χ0) is 17.3. The molecule has 0 bridgehead atoms. The third-order valence-corrected chi connectivity index (χ3v) is 5.09. The van der Waals surface area contributed by atoms with Crippen molar-refractivity contribution in [2.75, 3.05) is 23.9 Å². The molecule has 7 nitrogen and oxygen atoms in total. The highest BCUT2D eigenvalue weighted by Gasteiger charge is 2.29. The molecule has 24 heavy (non-hydrogen) atoms. The van der Waals surface area contributed by atoms with Crippen LogP contribution in [0.2, 0.25) is 0 Å². The second-order valence-corrected chi connectivity index (χ2v) is 7.06. The van der Waals surface area contributed by atoms with Crippen LogP contribution in [-0.2, 0) is 21.4 Å². The van der Waals surface area contributed by atoms with Crippen molar-refractivity contribution in [2.45, 2.75) is 11.4 Å². The van der Waals surface area contributed by atoms with Gasteiger partial charge in [0.05, 0.1) is 17.7 Å². The standard InChI is InChI=1S/C16H17N3O4S/c1-18-11-12-10-13(8-9-15(12)19(23-2)16(18)20)17-24(21,22)14-6-4-3-5-7-14/h3-10,17H,11H2,1-2H3. The molecule has 0 fully saturated rings. The summed E-state index contributed by atoms with van der Waals surface area (Å²) in [5.41, 5.74) is 1.81. The number of carbonyl (C=O) groups is 1. The summed E-state index contributed by atoms with van der Waals surface area (Å²) < 4.78 is 27.3. The molecule has 1 aliphatic rings. The predicted octanol–water partition coefficient (Wildman–Crippen LogP) is 2.42. The van der Waals surface area contributed by atoms with E-state index in [1.54, 1.807) is 43.4 Å². The molecule has 126 valence electrons. The van der Waals surface area contributed by atoms with Crippen LogP contribution in [0, 0.1) is 0 Å². The minimum Gasteiger partial charge on any atom is -0.321 e. The summed E-state index contributed by atoms with van der Waals surface area (Å²) in [7, 11) is -0.598. The molecule has 2 aromatic rings. The Hall–Kier alpha value is -2.58. The number of urea groups is 1. The lowest BCUT2D eigenvalue weighted by Gasteiger charge is -2.33. The van der Waals surface area contributed by atoms with E-state index in [1.165, 1.54) is 29.2 Å². The lowest BCUT2D eigenvalue weighted by atomic mass is 10.1. The molecule has 0 atom stereocenters. The van der Waals surface area contributed by atoms with E-state index in [1.807, 2.05) is 0 Å². The summed E-state index contributed by atoms with van der Waals surface area (Å²) >= 11 is 0. The van der Waals surface area contributed by atoms with E-state index in [9.17, 15) is 13.2 Å². The Morgan fingerprint density at radius 3 is 2.50 bits per heavy atom. The van der Waals surface area contributed by atoms with Gasteiger partial charge in [0.15, 0.2) is 0 Å². The van der Waals surface area contributed by atoms with Gasteiger partial charge in [-0.2, -0.15) is 5.06 Å². The molecule has 8 heteroatoms. The van der Waals surface area contributed by atoms with Gasteiger partial charge in [0.25, 0.3) is 10.0 Å². The summed E-state index contributed by atoms with van der Waals surface area (Å²) in [6.07, 6.45) is 0. The van der Waals surface area contributed by atoms with Crippen LogP contribution in [0.1, 0.15) is 5.56 Å². The largest absolute Gasteiger partial charge is 0.348 e. The fraction of sp³-hybridized carbons (Fsp3) is 0.188. The van der Waals surface area contributed by atoms with Crippen LogP contribution in [0.5, 0.6) is 0 Å². The third kappa shape index (κ3) is 2.93. The number of benzene rings is 2. The van der Waals surface area contributed by atoms with E-state index in [-0.39, 0.29) is 10.9 Å². The van der Waals surface area contributed by atoms with Crippen LogP contribution < -0.4 is 9.79 Å². The minimum atomic E-state index is -3.66. The molecule has 0 unspecified atom stereocenters. The first-order valence-electron chi connectivity index (χ1n) is 7.22. The molecule has 0 aliphatic carbocycles. The Morgan fingerprint density at radius 1 is 1.12 bits per heavy atom. The molecule has 0 radical (unpaired) electrons. The molecule has 1 aliphatic heterocycles. The van der Waals surface area contributed by atoms with E-state index in [0.29, 0.717) is 17.9 Å². The van der Waals surface area contributed by atoms with Gasteiger partial charge in [-0.1, -0.05) is 18.2 Å². The first kappa shape index (κ1) is 16.3. The summed E-state index contributed by atoms with van der Waals surface area (Å²) in [6.45, 7) is 0.370. The van der Waals surface area contributed by atoms with Crippen molar-refractivity contribution >= 4 is 27.4 Å². The van der Waals surface area contributed by atoms with Gasteiger partial charge in [-0.3, -0.25) is 9.56 Å². The number of nitrogens with one attached hydrogen (secondary N) is 1. The fourth-order valence-electron chi connectivity index (χ4n) is 2.55. The van der Waals surface area contributed by atoms with Crippen molar-refractivity contribution in [3.8, 4) is 0 Å². The first-order valence-corrected chi connectivity index (χ1v) is 8.71. The van der Waals surface area contributed by atoms with Crippen molar-refractivity contribution < 1.29 is 18.0 Å². The molecular formula is C16H17N3O4S. The molecule has 1 heterocycles. The summed E-state index contributed by atoms with van der Waals surface area (Å²) in [5.74, 6) is 0. The SMILES string of the molecule is CON1C(=O)N(C)Cc2cc(NS(=O)(=O)c3ccccc3)ccc21. The van der Waals surface area contributed by atoms with Crippen molar-refractivity contribution in [3.63, 3.8) is 0 Å². The van der Waals surface area contributed by atoms with Gasteiger partial charge in [0.1, 0.15) is 0 Å². The molecular weight excluding hydrogens is 330 g/mol. The predicted molar refractivity (Wildman–Crippen MR) is 90.0 cm³/mol. The van der Waals surface area contributed by atoms with Gasteiger partial charge in [-0.05, 0) is 35.9 Å². The molecule has 2 aromatic carbocycles. The van der Waals surface area contributed by atoms with Crippen molar-refractivity contribution in [2.24, 2.45) is 0 Å². The van der Waals surface area contributed by atoms with Crippen LogP contribution >= 0.6 is 0 Å². The van der Waals surface area contributed by atoms with Crippen molar-refractivity contribution in [3.05, 3.63) is 54.1 Å². The van der Waals surface area contributed by atoms with E-state index >= 15 is 0 Å². The number of hydrogen-bond acceptors (Lipinski definition) is 4. The van der Waals surface area contributed by atoms with Gasteiger partial charge < -0.3 is 4.90 Å². The fourth-order valence-corrected chi connectivity index (χ4v) is 3.62. The highest BCUT2D eigenvalue weighted by atomic mass is 32.2. The Bertz CT molecular complexity index is 868. The van der Waals surface area contributed by atoms with Crippen molar-refractivity contribution in [1.82, 2.24) is 4.90 Å². The molecule has 1 N–H and O–H groups in total. The van der Waals surface area contributed by atoms with E-state index in [0.717, 1.165) is 5.56 Å². The maximum Gasteiger partial charge on any atom is 0.348 e. The van der Waals surface area contributed by atoms with Crippen LogP contribution in [0.25, 0.3) is 0 Å². The maximum atomic E-state index is 12.4. The maximum absolute atomic E-state index is 12.4. The van der Waals surface area contributed by atoms with Crippen LogP contribution in [0.4, 0.5) is 16.2 Å². The van der Waals surface area contributed by atoms with Gasteiger partial charge in [-0.25, -0.2) is 13.2 Å². The van der Waals surface area contributed by atoms with Gasteiger partial charge in [-0.15, -0.1) is 0 Å². The van der Waals surface area contributed by atoms with E-state index < -0.39 is 10.0 Å². The summed E-state index contributed by atoms with van der Waals surface area (Å²) in [6, 6.07) is 12.8. The molecule has 0 saturated carbocycles. The highest BCUT2D eigenvalue weighted by molar-refractivity contribution is 7.92. The number of sulfonamides is 1. The lowest BCUT2D eigenvalue weighted by molar-refractivity contribution is 0.134. The van der Waals surface area contributed by atoms with Gasteiger partial charge in [0.2, 0.25) is 0 Å². The van der Waals surface area contributed by atoms with Crippen LogP contribution in [-0.4, -0.2) is 33.5 Å². The number of hydrogen-bond donors (Lipinski definition) is 1. The average molecular weight is 347 g/mol. The van der Waals surface area contributed by atoms with Crippen LogP contribution in [0.15, 0.2) is 53.4 Å². The van der Waals surface area contributed by atoms with Gasteiger partial charge >= 0.3 is 6.03 Å². The topological polar surface area (TPSA) is 79.0 Å². The number of amides is 2. The normalized spacial score (nSPS) is 14.5. The highest BCUT2D eigenvalue weighted by Crippen LogP contribution is 2.31. The smallest absolute Gasteiger partial charge is 0.321 e. The van der Waals surface area contributed by atoms with Gasteiger partial charge in [0, 0.05) is 19.3 Å². The Kier molecular flexibility index (Phi) is 4.16. The Balaban J connectivity index is 1.92. The molecule has 0 spiro atoms. The monoisotopic (exact) mass is 347 g/mol. The quantitative estimate of drug-likeness (QED) is 0.921.